The highest BCUT2D eigenvalue weighted by Gasteiger charge is 2.07. The van der Waals surface area contributed by atoms with Crippen LogP contribution in [0.5, 0.6) is 0 Å². The summed E-state index contributed by atoms with van der Waals surface area (Å²) in [5.41, 5.74) is 0. The van der Waals surface area contributed by atoms with Crippen LogP contribution in [0.15, 0.2) is 0 Å². The van der Waals surface area contributed by atoms with E-state index in [2.05, 4.69) is 12.6 Å². The first-order chi connectivity index (χ1) is 6.56. The minimum Gasteiger partial charge on any atom is -0.300 e. The Bertz CT molecular complexity index is 223. The van der Waals surface area contributed by atoms with Gasteiger partial charge < -0.3 is 4.79 Å². The molecule has 0 fully saturated rings. The average Bonchev–Trinajstić information content (AvgIpc) is 2.12. The van der Waals surface area contributed by atoms with Crippen LogP contribution in [0.3, 0.4) is 0 Å². The normalized spacial score (nSPS) is 9.86. The number of ketones is 3. The van der Waals surface area contributed by atoms with Crippen LogP contribution in [0, 0.1) is 0 Å². The molecule has 0 aromatic carbocycles. The number of rotatable bonds is 8. The topological polar surface area (TPSA) is 51.2 Å². The first kappa shape index (κ1) is 13.4. The van der Waals surface area contributed by atoms with Crippen LogP contribution in [0.25, 0.3) is 0 Å². The predicted molar refractivity (Wildman–Crippen MR) is 57.6 cm³/mol. The lowest BCUT2D eigenvalue weighted by atomic mass is 10.1. The predicted octanol–water partition coefficient (Wildman–Crippen LogP) is 1.59. The van der Waals surface area contributed by atoms with Gasteiger partial charge in [0.25, 0.3) is 0 Å². The Morgan fingerprint density at radius 3 is 1.71 bits per heavy atom. The van der Waals surface area contributed by atoms with Crippen molar-refractivity contribution in [1.82, 2.24) is 0 Å². The molecule has 0 radical (unpaired) electrons. The van der Waals surface area contributed by atoms with Crippen molar-refractivity contribution in [3.8, 4) is 0 Å². The SMILES string of the molecule is CC(=O)CCC(=O)CCC(=O)CCS. The quantitative estimate of drug-likeness (QED) is 0.627. The molecular formula is C10H16O3S. The third kappa shape index (κ3) is 7.98. The van der Waals surface area contributed by atoms with E-state index in [0.29, 0.717) is 18.6 Å². The molecule has 0 N–H and O–H groups in total. The van der Waals surface area contributed by atoms with Crippen LogP contribution in [0.2, 0.25) is 0 Å². The average molecular weight is 216 g/mol. The number of hydrogen-bond acceptors (Lipinski definition) is 4. The van der Waals surface area contributed by atoms with Crippen molar-refractivity contribution in [2.75, 3.05) is 5.75 Å². The molecule has 80 valence electrons. The second-order valence-electron chi connectivity index (χ2n) is 3.25. The first-order valence-corrected chi connectivity index (χ1v) is 5.33. The van der Waals surface area contributed by atoms with Crippen molar-refractivity contribution in [2.45, 2.75) is 39.0 Å². The van der Waals surface area contributed by atoms with E-state index in [4.69, 9.17) is 0 Å². The Morgan fingerprint density at radius 2 is 1.29 bits per heavy atom. The fraction of sp³-hybridized carbons (Fsp3) is 0.700. The van der Waals surface area contributed by atoms with E-state index >= 15 is 0 Å². The van der Waals surface area contributed by atoms with Gasteiger partial charge in [0.2, 0.25) is 0 Å². The summed E-state index contributed by atoms with van der Waals surface area (Å²) in [6.45, 7) is 1.46. The molecule has 0 saturated carbocycles. The molecule has 0 bridgehead atoms. The number of hydrogen-bond donors (Lipinski definition) is 1. The van der Waals surface area contributed by atoms with Crippen molar-refractivity contribution in [1.29, 1.82) is 0 Å². The molecule has 0 aromatic heterocycles. The lowest BCUT2D eigenvalue weighted by Gasteiger charge is -1.98. The summed E-state index contributed by atoms with van der Waals surface area (Å²) >= 11 is 3.92. The second-order valence-corrected chi connectivity index (χ2v) is 3.70. The maximum Gasteiger partial charge on any atom is 0.134 e. The maximum atomic E-state index is 11.1. The van der Waals surface area contributed by atoms with E-state index in [1.165, 1.54) is 6.92 Å². The molecule has 0 atom stereocenters. The summed E-state index contributed by atoms with van der Waals surface area (Å²) in [4.78, 5) is 32.7. The van der Waals surface area contributed by atoms with Crippen LogP contribution in [-0.2, 0) is 14.4 Å². The van der Waals surface area contributed by atoms with Crippen molar-refractivity contribution >= 4 is 30.0 Å². The number of Topliss-reactive ketones (excluding diaryl/α,β-unsaturated/α-hetero) is 3. The molecule has 0 spiro atoms. The van der Waals surface area contributed by atoms with Gasteiger partial charge >= 0.3 is 0 Å². The molecule has 0 saturated heterocycles. The highest BCUT2D eigenvalue weighted by molar-refractivity contribution is 7.80. The molecule has 0 aromatic rings. The molecule has 0 unspecified atom stereocenters. The molecule has 0 amide bonds. The van der Waals surface area contributed by atoms with Crippen LogP contribution < -0.4 is 0 Å². The van der Waals surface area contributed by atoms with Crippen molar-refractivity contribution in [3.05, 3.63) is 0 Å². The molecule has 4 heteroatoms. The zero-order valence-corrected chi connectivity index (χ0v) is 9.31. The van der Waals surface area contributed by atoms with Gasteiger partial charge in [-0.25, -0.2) is 0 Å². The molecule has 0 heterocycles. The van der Waals surface area contributed by atoms with E-state index in [1.807, 2.05) is 0 Å². The number of carbonyl (C=O) groups excluding carboxylic acids is 3. The Labute approximate surface area is 89.7 Å². The molecular weight excluding hydrogens is 200 g/mol. The fourth-order valence-corrected chi connectivity index (χ4v) is 1.22. The van der Waals surface area contributed by atoms with Crippen molar-refractivity contribution in [3.63, 3.8) is 0 Å². The minimum absolute atomic E-state index is 0.00675. The van der Waals surface area contributed by atoms with Crippen molar-refractivity contribution < 1.29 is 14.4 Å². The molecule has 0 aliphatic rings. The summed E-state index contributed by atoms with van der Waals surface area (Å²) in [6.07, 6.45) is 1.53. The van der Waals surface area contributed by atoms with Gasteiger partial charge in [-0.15, -0.1) is 0 Å². The molecule has 3 nitrogen and oxygen atoms in total. The van der Waals surface area contributed by atoms with E-state index < -0.39 is 0 Å². The minimum atomic E-state index is -0.00675. The maximum absolute atomic E-state index is 11.1. The van der Waals surface area contributed by atoms with Gasteiger partial charge in [0.05, 0.1) is 0 Å². The fourth-order valence-electron chi connectivity index (χ4n) is 0.969. The van der Waals surface area contributed by atoms with Crippen molar-refractivity contribution in [2.24, 2.45) is 0 Å². The summed E-state index contributed by atoms with van der Waals surface area (Å²) < 4.78 is 0. The molecule has 14 heavy (non-hydrogen) atoms. The van der Waals surface area contributed by atoms with E-state index in [-0.39, 0.29) is 36.6 Å². The Balaban J connectivity index is 3.53. The van der Waals surface area contributed by atoms with Crippen LogP contribution >= 0.6 is 12.6 Å². The lowest BCUT2D eigenvalue weighted by molar-refractivity contribution is -0.125. The summed E-state index contributed by atoms with van der Waals surface area (Å²) in [6, 6.07) is 0. The Morgan fingerprint density at radius 1 is 0.857 bits per heavy atom. The van der Waals surface area contributed by atoms with E-state index in [9.17, 15) is 14.4 Å². The van der Waals surface area contributed by atoms with Crippen LogP contribution in [0.1, 0.15) is 39.0 Å². The molecule has 0 aliphatic carbocycles. The number of carbonyl (C=O) groups is 3. The van der Waals surface area contributed by atoms with E-state index in [1.54, 1.807) is 0 Å². The second kappa shape index (κ2) is 7.74. The summed E-state index contributed by atoms with van der Waals surface area (Å²) in [7, 11) is 0. The van der Waals surface area contributed by atoms with Gasteiger partial charge in [-0.05, 0) is 12.7 Å². The highest BCUT2D eigenvalue weighted by atomic mass is 32.1. The first-order valence-electron chi connectivity index (χ1n) is 4.70. The van der Waals surface area contributed by atoms with E-state index in [0.717, 1.165) is 0 Å². The highest BCUT2D eigenvalue weighted by Crippen LogP contribution is 2.02. The standard InChI is InChI=1S/C10H16O3S/c1-8(11)2-3-9(12)4-5-10(13)6-7-14/h14H,2-7H2,1H3. The third-order valence-electron chi connectivity index (χ3n) is 1.83. The van der Waals surface area contributed by atoms with Crippen LogP contribution in [-0.4, -0.2) is 23.1 Å². The third-order valence-corrected chi connectivity index (χ3v) is 2.05. The van der Waals surface area contributed by atoms with Gasteiger partial charge in [0.1, 0.15) is 17.3 Å². The van der Waals surface area contributed by atoms with Gasteiger partial charge in [0.15, 0.2) is 0 Å². The smallest absolute Gasteiger partial charge is 0.134 e. The van der Waals surface area contributed by atoms with Crippen LogP contribution in [0.4, 0.5) is 0 Å². The zero-order valence-electron chi connectivity index (χ0n) is 8.41. The van der Waals surface area contributed by atoms with Gasteiger partial charge in [0, 0.05) is 32.1 Å². The summed E-state index contributed by atoms with van der Waals surface area (Å²) in [5.74, 6) is 0.601. The summed E-state index contributed by atoms with van der Waals surface area (Å²) in [5, 5.41) is 0. The Kier molecular flexibility index (Phi) is 7.38. The monoisotopic (exact) mass is 216 g/mol. The number of thiol groups is 1. The zero-order chi connectivity index (χ0) is 11.0. The van der Waals surface area contributed by atoms with Gasteiger partial charge in [-0.1, -0.05) is 0 Å². The molecule has 0 rings (SSSR count). The van der Waals surface area contributed by atoms with Gasteiger partial charge in [-0.2, -0.15) is 12.6 Å². The molecule has 0 aliphatic heterocycles. The van der Waals surface area contributed by atoms with Gasteiger partial charge in [-0.3, -0.25) is 9.59 Å². The lowest BCUT2D eigenvalue weighted by Crippen LogP contribution is -2.06. The largest absolute Gasteiger partial charge is 0.300 e. The Hall–Kier alpha value is -0.640.